The van der Waals surface area contributed by atoms with Crippen LogP contribution in [0.3, 0.4) is 0 Å². The Bertz CT molecular complexity index is 488. The van der Waals surface area contributed by atoms with Crippen LogP contribution in [0, 0.1) is 0 Å². The molecule has 0 spiro atoms. The number of rotatable bonds is 3. The van der Waals surface area contributed by atoms with Gasteiger partial charge in [-0.2, -0.15) is 0 Å². The molecule has 2 saturated heterocycles. The fourth-order valence-corrected chi connectivity index (χ4v) is 3.72. The first-order chi connectivity index (χ1) is 10.2. The van der Waals surface area contributed by atoms with E-state index in [1.807, 2.05) is 7.05 Å². The first kappa shape index (κ1) is 14.6. The number of fused-ring (bicyclic) bond motifs is 1. The van der Waals surface area contributed by atoms with Gasteiger partial charge in [0.25, 0.3) is 0 Å². The largest absolute Gasteiger partial charge is 0.373 e. The molecule has 0 bridgehead atoms. The van der Waals surface area contributed by atoms with Crippen molar-refractivity contribution in [3.05, 3.63) is 11.9 Å². The number of hydrogen-bond acceptors (Lipinski definition) is 5. The summed E-state index contributed by atoms with van der Waals surface area (Å²) in [5.41, 5.74) is 1.25. The smallest absolute Gasteiger partial charge is 0.137 e. The molecular formula is C16H27N5. The average molecular weight is 289 g/mol. The van der Waals surface area contributed by atoms with Crippen LogP contribution in [0.25, 0.3) is 0 Å². The second-order valence-electron chi connectivity index (χ2n) is 6.50. The Morgan fingerprint density at radius 2 is 2.05 bits per heavy atom. The van der Waals surface area contributed by atoms with Gasteiger partial charge in [0, 0.05) is 38.3 Å². The summed E-state index contributed by atoms with van der Waals surface area (Å²) < 4.78 is 0. The molecule has 0 amide bonds. The molecule has 3 rings (SSSR count). The van der Waals surface area contributed by atoms with Crippen LogP contribution in [0.1, 0.15) is 44.6 Å². The van der Waals surface area contributed by atoms with E-state index in [9.17, 15) is 0 Å². The molecule has 1 aromatic heterocycles. The average Bonchev–Trinajstić information content (AvgIpc) is 2.53. The Labute approximate surface area is 127 Å². The van der Waals surface area contributed by atoms with Gasteiger partial charge in [-0.15, -0.1) is 0 Å². The summed E-state index contributed by atoms with van der Waals surface area (Å²) >= 11 is 0. The van der Waals surface area contributed by atoms with E-state index in [0.717, 1.165) is 24.7 Å². The molecule has 1 atom stereocenters. The monoisotopic (exact) mass is 289 g/mol. The lowest BCUT2D eigenvalue weighted by molar-refractivity contribution is 0.133. The van der Waals surface area contributed by atoms with Crippen LogP contribution in [0.5, 0.6) is 0 Å². The maximum Gasteiger partial charge on any atom is 0.137 e. The predicted octanol–water partition coefficient (Wildman–Crippen LogP) is 2.32. The molecule has 1 N–H and O–H groups in total. The minimum Gasteiger partial charge on any atom is -0.373 e. The lowest BCUT2D eigenvalue weighted by Gasteiger charge is -2.45. The summed E-state index contributed by atoms with van der Waals surface area (Å²) in [5.74, 6) is 2.53. The van der Waals surface area contributed by atoms with Gasteiger partial charge >= 0.3 is 0 Å². The van der Waals surface area contributed by atoms with Crippen molar-refractivity contribution >= 4 is 11.6 Å². The van der Waals surface area contributed by atoms with Crippen molar-refractivity contribution in [2.75, 3.05) is 43.4 Å². The van der Waals surface area contributed by atoms with E-state index < -0.39 is 0 Å². The fourth-order valence-electron chi connectivity index (χ4n) is 3.72. The van der Waals surface area contributed by atoms with Crippen molar-refractivity contribution in [3.63, 3.8) is 0 Å². The zero-order valence-corrected chi connectivity index (χ0v) is 13.5. The van der Waals surface area contributed by atoms with Gasteiger partial charge in [-0.3, -0.25) is 4.90 Å². The molecule has 5 heteroatoms. The molecule has 2 fully saturated rings. The van der Waals surface area contributed by atoms with Gasteiger partial charge in [-0.1, -0.05) is 20.3 Å². The number of piperidine rings is 1. The SMILES string of the molecule is CNc1ncnc(N2CCN3CCCCC3C2)c1C(C)C. The van der Waals surface area contributed by atoms with Crippen LogP contribution >= 0.6 is 0 Å². The lowest BCUT2D eigenvalue weighted by Crippen LogP contribution is -2.55. The molecule has 2 aliphatic heterocycles. The van der Waals surface area contributed by atoms with Crippen molar-refractivity contribution < 1.29 is 0 Å². The number of nitrogens with zero attached hydrogens (tertiary/aromatic N) is 4. The Hall–Kier alpha value is -1.36. The molecule has 1 aromatic rings. The molecule has 3 heterocycles. The highest BCUT2D eigenvalue weighted by Gasteiger charge is 2.31. The van der Waals surface area contributed by atoms with Crippen molar-refractivity contribution in [2.24, 2.45) is 0 Å². The van der Waals surface area contributed by atoms with E-state index in [1.165, 1.54) is 37.9 Å². The molecule has 0 radical (unpaired) electrons. The highest BCUT2D eigenvalue weighted by Crippen LogP contribution is 2.32. The number of hydrogen-bond donors (Lipinski definition) is 1. The van der Waals surface area contributed by atoms with E-state index in [1.54, 1.807) is 6.33 Å². The summed E-state index contributed by atoms with van der Waals surface area (Å²) in [6.07, 6.45) is 5.76. The topological polar surface area (TPSA) is 44.3 Å². The third kappa shape index (κ3) is 2.84. The minimum absolute atomic E-state index is 0.424. The van der Waals surface area contributed by atoms with E-state index in [-0.39, 0.29) is 0 Å². The van der Waals surface area contributed by atoms with Crippen molar-refractivity contribution in [2.45, 2.75) is 45.1 Å². The molecule has 116 valence electrons. The van der Waals surface area contributed by atoms with Crippen molar-refractivity contribution in [1.82, 2.24) is 14.9 Å². The molecular weight excluding hydrogens is 262 g/mol. The van der Waals surface area contributed by atoms with Gasteiger partial charge in [-0.25, -0.2) is 9.97 Å². The van der Waals surface area contributed by atoms with Crippen LogP contribution in [0.4, 0.5) is 11.6 Å². The van der Waals surface area contributed by atoms with E-state index in [2.05, 4.69) is 38.9 Å². The standard InChI is InChI=1S/C16H27N5/c1-12(2)14-15(17-3)18-11-19-16(14)21-9-8-20-7-5-4-6-13(20)10-21/h11-13H,4-10H2,1-3H3,(H,17,18,19). The Kier molecular flexibility index (Phi) is 4.29. The Morgan fingerprint density at radius 3 is 2.81 bits per heavy atom. The first-order valence-electron chi connectivity index (χ1n) is 8.22. The van der Waals surface area contributed by atoms with E-state index in [4.69, 9.17) is 0 Å². The van der Waals surface area contributed by atoms with Crippen LogP contribution in [-0.4, -0.2) is 54.1 Å². The molecule has 21 heavy (non-hydrogen) atoms. The maximum absolute atomic E-state index is 4.63. The quantitative estimate of drug-likeness (QED) is 0.925. The van der Waals surface area contributed by atoms with Crippen LogP contribution < -0.4 is 10.2 Å². The van der Waals surface area contributed by atoms with Gasteiger partial charge < -0.3 is 10.2 Å². The fraction of sp³-hybridized carbons (Fsp3) is 0.750. The van der Waals surface area contributed by atoms with Crippen molar-refractivity contribution in [3.8, 4) is 0 Å². The summed E-state index contributed by atoms with van der Waals surface area (Å²) in [4.78, 5) is 14.2. The molecule has 2 aliphatic rings. The van der Waals surface area contributed by atoms with Gasteiger partial charge in [0.2, 0.25) is 0 Å². The summed E-state index contributed by atoms with van der Waals surface area (Å²) in [5, 5.41) is 3.22. The predicted molar refractivity (Wildman–Crippen MR) is 87.1 cm³/mol. The molecule has 0 saturated carbocycles. The molecule has 0 aliphatic carbocycles. The van der Waals surface area contributed by atoms with Crippen LogP contribution in [0.2, 0.25) is 0 Å². The first-order valence-corrected chi connectivity index (χ1v) is 8.22. The zero-order chi connectivity index (χ0) is 14.8. The minimum atomic E-state index is 0.424. The third-order valence-corrected chi connectivity index (χ3v) is 4.81. The van der Waals surface area contributed by atoms with Gasteiger partial charge in [-0.05, 0) is 25.3 Å². The maximum atomic E-state index is 4.63. The second-order valence-corrected chi connectivity index (χ2v) is 6.50. The summed E-state index contributed by atoms with van der Waals surface area (Å²) in [6.45, 7) is 9.08. The van der Waals surface area contributed by atoms with Gasteiger partial charge in [0.1, 0.15) is 18.0 Å². The van der Waals surface area contributed by atoms with Gasteiger partial charge in [0.05, 0.1) is 0 Å². The van der Waals surface area contributed by atoms with Crippen LogP contribution in [0.15, 0.2) is 6.33 Å². The highest BCUT2D eigenvalue weighted by atomic mass is 15.3. The molecule has 5 nitrogen and oxygen atoms in total. The summed E-state index contributed by atoms with van der Waals surface area (Å²) in [6, 6.07) is 0.709. The normalized spacial score (nSPS) is 23.2. The van der Waals surface area contributed by atoms with Crippen molar-refractivity contribution in [1.29, 1.82) is 0 Å². The van der Waals surface area contributed by atoms with Crippen LogP contribution in [-0.2, 0) is 0 Å². The number of piperazine rings is 1. The Morgan fingerprint density at radius 1 is 1.19 bits per heavy atom. The number of aromatic nitrogens is 2. The summed E-state index contributed by atoms with van der Waals surface area (Å²) in [7, 11) is 1.94. The van der Waals surface area contributed by atoms with E-state index in [0.29, 0.717) is 12.0 Å². The van der Waals surface area contributed by atoms with E-state index >= 15 is 0 Å². The Balaban J connectivity index is 1.86. The zero-order valence-electron chi connectivity index (χ0n) is 13.5. The highest BCUT2D eigenvalue weighted by molar-refractivity contribution is 5.60. The van der Waals surface area contributed by atoms with Gasteiger partial charge in [0.15, 0.2) is 0 Å². The molecule has 1 unspecified atom stereocenters. The second kappa shape index (κ2) is 6.18. The third-order valence-electron chi connectivity index (χ3n) is 4.81. The number of nitrogens with one attached hydrogen (secondary N) is 1. The number of anilines is 2. The molecule has 0 aromatic carbocycles. The lowest BCUT2D eigenvalue weighted by atomic mass is 9.98.